The van der Waals surface area contributed by atoms with Crippen LogP contribution >= 0.6 is 0 Å². The van der Waals surface area contributed by atoms with Crippen LogP contribution in [-0.4, -0.2) is 12.5 Å². The summed E-state index contributed by atoms with van der Waals surface area (Å²) in [6.45, 7) is -1.20. The minimum atomic E-state index is -2.91. The highest BCUT2D eigenvalue weighted by Gasteiger charge is 2.15. The SMILES string of the molecule is CC(NC(=O)/C=C/c1ccccc1)c1ccccc1OC(F)F. The third-order valence-electron chi connectivity index (χ3n) is 3.19. The van der Waals surface area contributed by atoms with E-state index in [1.165, 1.54) is 12.1 Å². The zero-order chi connectivity index (χ0) is 16.7. The maximum Gasteiger partial charge on any atom is 0.387 e. The molecule has 120 valence electrons. The Labute approximate surface area is 133 Å². The van der Waals surface area contributed by atoms with E-state index in [2.05, 4.69) is 10.1 Å². The molecule has 2 aromatic rings. The van der Waals surface area contributed by atoms with Crippen molar-refractivity contribution in [2.45, 2.75) is 19.6 Å². The molecule has 0 aliphatic rings. The van der Waals surface area contributed by atoms with E-state index < -0.39 is 12.7 Å². The Morgan fingerprint density at radius 2 is 1.74 bits per heavy atom. The van der Waals surface area contributed by atoms with Crippen molar-refractivity contribution in [1.29, 1.82) is 0 Å². The number of benzene rings is 2. The fraction of sp³-hybridized carbons (Fsp3) is 0.167. The highest BCUT2D eigenvalue weighted by Crippen LogP contribution is 2.26. The quantitative estimate of drug-likeness (QED) is 0.812. The van der Waals surface area contributed by atoms with Gasteiger partial charge in [-0.25, -0.2) is 0 Å². The van der Waals surface area contributed by atoms with Crippen LogP contribution in [0.5, 0.6) is 5.75 Å². The maximum absolute atomic E-state index is 12.4. The number of hydrogen-bond acceptors (Lipinski definition) is 2. The second-order valence-corrected chi connectivity index (χ2v) is 4.89. The molecule has 1 N–H and O–H groups in total. The molecule has 0 aliphatic carbocycles. The molecule has 0 fully saturated rings. The van der Waals surface area contributed by atoms with Gasteiger partial charge in [-0.15, -0.1) is 0 Å². The van der Waals surface area contributed by atoms with E-state index in [4.69, 9.17) is 0 Å². The first-order chi connectivity index (χ1) is 11.1. The van der Waals surface area contributed by atoms with Gasteiger partial charge in [-0.3, -0.25) is 4.79 Å². The van der Waals surface area contributed by atoms with Crippen molar-refractivity contribution in [2.24, 2.45) is 0 Å². The van der Waals surface area contributed by atoms with E-state index in [1.54, 1.807) is 31.2 Å². The summed E-state index contributed by atoms with van der Waals surface area (Å²) in [6, 6.07) is 15.3. The van der Waals surface area contributed by atoms with Gasteiger partial charge in [0.05, 0.1) is 6.04 Å². The van der Waals surface area contributed by atoms with Crippen LogP contribution in [0.2, 0.25) is 0 Å². The molecule has 0 bridgehead atoms. The largest absolute Gasteiger partial charge is 0.434 e. The van der Waals surface area contributed by atoms with Gasteiger partial charge < -0.3 is 10.1 Å². The molecule has 0 aromatic heterocycles. The van der Waals surface area contributed by atoms with E-state index in [-0.39, 0.29) is 11.7 Å². The lowest BCUT2D eigenvalue weighted by atomic mass is 10.1. The number of alkyl halides is 2. The summed E-state index contributed by atoms with van der Waals surface area (Å²) in [5, 5.41) is 2.73. The molecule has 23 heavy (non-hydrogen) atoms. The number of carbonyl (C=O) groups is 1. The maximum atomic E-state index is 12.4. The van der Waals surface area contributed by atoms with Crippen molar-refractivity contribution in [1.82, 2.24) is 5.32 Å². The first kappa shape index (κ1) is 16.7. The molecule has 1 amide bonds. The summed E-state index contributed by atoms with van der Waals surface area (Å²) < 4.78 is 29.3. The average Bonchev–Trinajstić information content (AvgIpc) is 2.54. The summed E-state index contributed by atoms with van der Waals surface area (Å²) >= 11 is 0. The third kappa shape index (κ3) is 5.21. The molecule has 5 heteroatoms. The first-order valence-corrected chi connectivity index (χ1v) is 7.13. The molecular formula is C18H17F2NO2. The van der Waals surface area contributed by atoms with Gasteiger partial charge in [0.25, 0.3) is 0 Å². The highest BCUT2D eigenvalue weighted by atomic mass is 19.3. The van der Waals surface area contributed by atoms with Gasteiger partial charge in [0, 0.05) is 11.6 Å². The normalized spacial score (nSPS) is 12.3. The number of rotatable bonds is 6. The van der Waals surface area contributed by atoms with E-state index in [9.17, 15) is 13.6 Å². The number of halogens is 2. The fourth-order valence-electron chi connectivity index (χ4n) is 2.12. The molecular weight excluding hydrogens is 300 g/mol. The van der Waals surface area contributed by atoms with Crippen molar-refractivity contribution in [2.75, 3.05) is 0 Å². The Morgan fingerprint density at radius 1 is 1.09 bits per heavy atom. The van der Waals surface area contributed by atoms with Crippen LogP contribution in [0.3, 0.4) is 0 Å². The molecule has 0 saturated carbocycles. The van der Waals surface area contributed by atoms with Crippen LogP contribution in [0.25, 0.3) is 6.08 Å². The van der Waals surface area contributed by atoms with Crippen molar-refractivity contribution >= 4 is 12.0 Å². The minimum Gasteiger partial charge on any atom is -0.434 e. The Morgan fingerprint density at radius 3 is 2.43 bits per heavy atom. The molecule has 1 atom stereocenters. The van der Waals surface area contributed by atoms with Crippen LogP contribution in [0.15, 0.2) is 60.7 Å². The molecule has 0 radical (unpaired) electrons. The summed E-state index contributed by atoms with van der Waals surface area (Å²) in [6.07, 6.45) is 3.09. The number of carbonyl (C=O) groups excluding carboxylic acids is 1. The standard InChI is InChI=1S/C18H17F2NO2/c1-13(15-9-5-6-10-16(15)23-18(19)20)21-17(22)12-11-14-7-3-2-4-8-14/h2-13,18H,1H3,(H,21,22)/b12-11+. The predicted molar refractivity (Wildman–Crippen MR) is 85.1 cm³/mol. The van der Waals surface area contributed by atoms with Crippen LogP contribution in [-0.2, 0) is 4.79 Å². The lowest BCUT2D eigenvalue weighted by Gasteiger charge is -2.17. The number of amides is 1. The molecule has 2 aromatic carbocycles. The van der Waals surface area contributed by atoms with Gasteiger partial charge in [0.2, 0.25) is 5.91 Å². The molecule has 2 rings (SSSR count). The smallest absolute Gasteiger partial charge is 0.387 e. The van der Waals surface area contributed by atoms with Gasteiger partial charge >= 0.3 is 6.61 Å². The van der Waals surface area contributed by atoms with Crippen molar-refractivity contribution in [3.63, 3.8) is 0 Å². The molecule has 0 heterocycles. The number of ether oxygens (including phenoxy) is 1. The van der Waals surface area contributed by atoms with E-state index in [1.807, 2.05) is 30.3 Å². The first-order valence-electron chi connectivity index (χ1n) is 7.13. The van der Waals surface area contributed by atoms with Crippen LogP contribution in [0.1, 0.15) is 24.1 Å². The number of para-hydroxylation sites is 1. The Bertz CT molecular complexity index is 672. The lowest BCUT2D eigenvalue weighted by molar-refractivity contribution is -0.117. The van der Waals surface area contributed by atoms with Crippen LogP contribution < -0.4 is 10.1 Å². The van der Waals surface area contributed by atoms with Crippen molar-refractivity contribution in [3.05, 3.63) is 71.8 Å². The average molecular weight is 317 g/mol. The zero-order valence-corrected chi connectivity index (χ0v) is 12.6. The summed E-state index contributed by atoms with van der Waals surface area (Å²) in [5.74, 6) is -0.254. The van der Waals surface area contributed by atoms with Gasteiger partial charge in [-0.2, -0.15) is 8.78 Å². The zero-order valence-electron chi connectivity index (χ0n) is 12.6. The molecule has 0 aliphatic heterocycles. The Kier molecular flexibility index (Phi) is 5.86. The fourth-order valence-corrected chi connectivity index (χ4v) is 2.12. The van der Waals surface area contributed by atoms with Crippen molar-refractivity contribution in [3.8, 4) is 5.75 Å². The highest BCUT2D eigenvalue weighted by molar-refractivity contribution is 5.92. The second kappa shape index (κ2) is 8.08. The second-order valence-electron chi connectivity index (χ2n) is 4.89. The summed E-state index contributed by atoms with van der Waals surface area (Å²) in [5.41, 5.74) is 1.39. The lowest BCUT2D eigenvalue weighted by Crippen LogP contribution is -2.25. The Balaban J connectivity index is 2.03. The molecule has 0 spiro atoms. The van der Waals surface area contributed by atoms with Gasteiger partial charge in [0.15, 0.2) is 0 Å². The van der Waals surface area contributed by atoms with Gasteiger partial charge in [-0.1, -0.05) is 48.5 Å². The topological polar surface area (TPSA) is 38.3 Å². The molecule has 0 saturated heterocycles. The molecule has 1 unspecified atom stereocenters. The summed E-state index contributed by atoms with van der Waals surface area (Å²) in [7, 11) is 0. The molecule has 3 nitrogen and oxygen atoms in total. The van der Waals surface area contributed by atoms with E-state index in [0.29, 0.717) is 5.56 Å². The Hall–Kier alpha value is -2.69. The van der Waals surface area contributed by atoms with Crippen molar-refractivity contribution < 1.29 is 18.3 Å². The monoisotopic (exact) mass is 317 g/mol. The van der Waals surface area contributed by atoms with Crippen LogP contribution in [0.4, 0.5) is 8.78 Å². The van der Waals surface area contributed by atoms with E-state index >= 15 is 0 Å². The third-order valence-corrected chi connectivity index (χ3v) is 3.19. The number of hydrogen-bond donors (Lipinski definition) is 1. The minimum absolute atomic E-state index is 0.0577. The van der Waals surface area contributed by atoms with Gasteiger partial charge in [-0.05, 0) is 24.6 Å². The van der Waals surface area contributed by atoms with E-state index in [0.717, 1.165) is 5.56 Å². The predicted octanol–water partition coefficient (Wildman–Crippen LogP) is 4.18. The summed E-state index contributed by atoms with van der Waals surface area (Å²) in [4.78, 5) is 11.9. The van der Waals surface area contributed by atoms with Crippen LogP contribution in [0, 0.1) is 0 Å². The van der Waals surface area contributed by atoms with Gasteiger partial charge in [0.1, 0.15) is 5.75 Å². The number of nitrogens with one attached hydrogen (secondary N) is 1.